The van der Waals surface area contributed by atoms with Crippen molar-refractivity contribution in [2.24, 2.45) is 0 Å². The molecule has 1 aromatic rings. The highest BCUT2D eigenvalue weighted by atomic mass is 16.5. The molecule has 1 aromatic carbocycles. The van der Waals surface area contributed by atoms with Crippen LogP contribution in [0.25, 0.3) is 5.57 Å². The van der Waals surface area contributed by atoms with Gasteiger partial charge in [0.2, 0.25) is 0 Å². The minimum atomic E-state index is -0.303. The standard InChI is InChI=1S/C20H27N3O5/c1-21-7-9-22(10-8-21)18-17(19(24)23(20(18)25)11-12-26-2)14-5-6-15(27-3)16(13-14)28-4/h5-6,13H,7-12H2,1-4H3. The Kier molecular flexibility index (Phi) is 6.21. The molecule has 1 fully saturated rings. The molecule has 2 amide bonds. The van der Waals surface area contributed by atoms with Gasteiger partial charge in [-0.15, -0.1) is 0 Å². The molecule has 0 spiro atoms. The molecule has 28 heavy (non-hydrogen) atoms. The number of methoxy groups -OCH3 is 3. The Labute approximate surface area is 165 Å². The van der Waals surface area contributed by atoms with Crippen molar-refractivity contribution in [3.05, 3.63) is 29.5 Å². The summed E-state index contributed by atoms with van der Waals surface area (Å²) in [7, 11) is 6.70. The second kappa shape index (κ2) is 8.62. The van der Waals surface area contributed by atoms with Crippen molar-refractivity contribution in [2.45, 2.75) is 0 Å². The smallest absolute Gasteiger partial charge is 0.277 e. The van der Waals surface area contributed by atoms with Gasteiger partial charge in [-0.3, -0.25) is 14.5 Å². The number of likely N-dealkylation sites (N-methyl/N-ethyl adjacent to an activating group) is 1. The summed E-state index contributed by atoms with van der Waals surface area (Å²) in [5, 5.41) is 0. The fourth-order valence-corrected chi connectivity index (χ4v) is 3.52. The first kappa shape index (κ1) is 20.2. The van der Waals surface area contributed by atoms with E-state index in [1.807, 2.05) is 11.9 Å². The van der Waals surface area contributed by atoms with Crippen molar-refractivity contribution in [3.63, 3.8) is 0 Å². The number of imide groups is 1. The van der Waals surface area contributed by atoms with E-state index in [0.717, 1.165) is 13.1 Å². The van der Waals surface area contributed by atoms with Crippen molar-refractivity contribution in [3.8, 4) is 11.5 Å². The molecule has 2 heterocycles. The molecule has 2 aliphatic heterocycles. The summed E-state index contributed by atoms with van der Waals surface area (Å²) >= 11 is 0. The second-order valence-electron chi connectivity index (χ2n) is 6.84. The van der Waals surface area contributed by atoms with Crippen LogP contribution < -0.4 is 9.47 Å². The SMILES string of the molecule is COCCN1C(=O)C(c2ccc(OC)c(OC)c2)=C(N2CCN(C)CC2)C1=O. The first-order chi connectivity index (χ1) is 13.5. The predicted molar refractivity (Wildman–Crippen MR) is 104 cm³/mol. The zero-order valence-electron chi connectivity index (χ0n) is 16.9. The van der Waals surface area contributed by atoms with Crippen LogP contribution in [0.5, 0.6) is 11.5 Å². The number of hydrogen-bond acceptors (Lipinski definition) is 7. The molecule has 152 valence electrons. The van der Waals surface area contributed by atoms with E-state index in [1.54, 1.807) is 39.5 Å². The number of carbonyl (C=O) groups excluding carboxylic acids is 2. The van der Waals surface area contributed by atoms with Crippen LogP contribution in [-0.4, -0.2) is 94.2 Å². The Hall–Kier alpha value is -2.58. The topological polar surface area (TPSA) is 71.6 Å². The molecule has 1 saturated heterocycles. The quantitative estimate of drug-likeness (QED) is 0.635. The van der Waals surface area contributed by atoms with Gasteiger partial charge in [0.25, 0.3) is 11.8 Å². The lowest BCUT2D eigenvalue weighted by atomic mass is 10.0. The molecular weight excluding hydrogens is 362 g/mol. The maximum Gasteiger partial charge on any atom is 0.277 e. The highest BCUT2D eigenvalue weighted by Gasteiger charge is 2.42. The summed E-state index contributed by atoms with van der Waals surface area (Å²) in [6, 6.07) is 5.28. The van der Waals surface area contributed by atoms with Crippen molar-refractivity contribution in [1.82, 2.24) is 14.7 Å². The molecule has 0 aliphatic carbocycles. The Morgan fingerprint density at radius 2 is 1.61 bits per heavy atom. The maximum absolute atomic E-state index is 13.2. The van der Waals surface area contributed by atoms with Crippen LogP contribution in [0, 0.1) is 0 Å². The van der Waals surface area contributed by atoms with Crippen LogP contribution in [0.3, 0.4) is 0 Å². The van der Waals surface area contributed by atoms with Gasteiger partial charge in [0.15, 0.2) is 11.5 Å². The van der Waals surface area contributed by atoms with Crippen LogP contribution in [0.4, 0.5) is 0 Å². The Bertz CT molecular complexity index is 784. The Morgan fingerprint density at radius 1 is 0.929 bits per heavy atom. The van der Waals surface area contributed by atoms with E-state index in [2.05, 4.69) is 4.90 Å². The highest BCUT2D eigenvalue weighted by molar-refractivity contribution is 6.35. The van der Waals surface area contributed by atoms with Crippen LogP contribution in [0.2, 0.25) is 0 Å². The van der Waals surface area contributed by atoms with Gasteiger partial charge in [0, 0.05) is 33.3 Å². The third-order valence-electron chi connectivity index (χ3n) is 5.15. The number of benzene rings is 1. The lowest BCUT2D eigenvalue weighted by molar-refractivity contribution is -0.138. The highest BCUT2D eigenvalue weighted by Crippen LogP contribution is 2.36. The first-order valence-electron chi connectivity index (χ1n) is 9.27. The van der Waals surface area contributed by atoms with Crippen LogP contribution in [-0.2, 0) is 14.3 Å². The number of ether oxygens (including phenoxy) is 3. The molecule has 0 radical (unpaired) electrons. The minimum Gasteiger partial charge on any atom is -0.493 e. The van der Waals surface area contributed by atoms with Gasteiger partial charge < -0.3 is 24.0 Å². The van der Waals surface area contributed by atoms with Gasteiger partial charge in [0.05, 0.1) is 32.9 Å². The summed E-state index contributed by atoms with van der Waals surface area (Å²) in [5.41, 5.74) is 1.51. The summed E-state index contributed by atoms with van der Waals surface area (Å²) < 4.78 is 15.8. The molecule has 0 saturated carbocycles. The fraction of sp³-hybridized carbons (Fsp3) is 0.500. The minimum absolute atomic E-state index is 0.224. The summed E-state index contributed by atoms with van der Waals surface area (Å²) in [6.07, 6.45) is 0. The van der Waals surface area contributed by atoms with Crippen molar-refractivity contribution in [1.29, 1.82) is 0 Å². The van der Waals surface area contributed by atoms with Gasteiger partial charge in [-0.1, -0.05) is 6.07 Å². The summed E-state index contributed by atoms with van der Waals surface area (Å²) in [5.74, 6) is 0.515. The Morgan fingerprint density at radius 3 is 2.21 bits per heavy atom. The zero-order chi connectivity index (χ0) is 20.3. The molecule has 3 rings (SSSR count). The van der Waals surface area contributed by atoms with Gasteiger partial charge in [-0.2, -0.15) is 0 Å². The number of piperazine rings is 1. The molecule has 8 nitrogen and oxygen atoms in total. The molecule has 8 heteroatoms. The number of rotatable bonds is 7. The van der Waals surface area contributed by atoms with E-state index in [9.17, 15) is 9.59 Å². The van der Waals surface area contributed by atoms with E-state index in [0.29, 0.717) is 48.0 Å². The van der Waals surface area contributed by atoms with Gasteiger partial charge in [0.1, 0.15) is 5.70 Å². The van der Waals surface area contributed by atoms with Crippen LogP contribution >= 0.6 is 0 Å². The number of nitrogens with zero attached hydrogens (tertiary/aromatic N) is 3. The van der Waals surface area contributed by atoms with Gasteiger partial charge >= 0.3 is 0 Å². The molecular formula is C20H27N3O5. The van der Waals surface area contributed by atoms with Crippen molar-refractivity contribution >= 4 is 17.4 Å². The Balaban J connectivity index is 2.05. The van der Waals surface area contributed by atoms with Crippen molar-refractivity contribution in [2.75, 3.05) is 67.7 Å². The number of amides is 2. The maximum atomic E-state index is 13.2. The van der Waals surface area contributed by atoms with E-state index in [1.165, 1.54) is 4.90 Å². The number of carbonyl (C=O) groups is 2. The van der Waals surface area contributed by atoms with Crippen molar-refractivity contribution < 1.29 is 23.8 Å². The summed E-state index contributed by atoms with van der Waals surface area (Å²) in [4.78, 5) is 31.8. The molecule has 0 bridgehead atoms. The number of hydrogen-bond donors (Lipinski definition) is 0. The molecule has 0 unspecified atom stereocenters. The first-order valence-corrected chi connectivity index (χ1v) is 9.27. The lowest BCUT2D eigenvalue weighted by Gasteiger charge is -2.34. The summed E-state index contributed by atoms with van der Waals surface area (Å²) in [6.45, 7) is 3.58. The zero-order valence-corrected chi connectivity index (χ0v) is 16.9. The monoisotopic (exact) mass is 389 g/mol. The molecule has 0 N–H and O–H groups in total. The average molecular weight is 389 g/mol. The lowest BCUT2D eigenvalue weighted by Crippen LogP contribution is -2.46. The third kappa shape index (κ3) is 3.70. The largest absolute Gasteiger partial charge is 0.493 e. The molecule has 0 aromatic heterocycles. The molecule has 0 atom stereocenters. The average Bonchev–Trinajstić information content (AvgIpc) is 2.96. The predicted octanol–water partition coefficient (Wildman–Crippen LogP) is 0.678. The van der Waals surface area contributed by atoms with Gasteiger partial charge in [-0.25, -0.2) is 0 Å². The second-order valence-corrected chi connectivity index (χ2v) is 6.84. The van der Waals surface area contributed by atoms with E-state index >= 15 is 0 Å². The van der Waals surface area contributed by atoms with Crippen LogP contribution in [0.1, 0.15) is 5.56 Å². The van der Waals surface area contributed by atoms with E-state index < -0.39 is 0 Å². The van der Waals surface area contributed by atoms with Crippen LogP contribution in [0.15, 0.2) is 23.9 Å². The molecule has 2 aliphatic rings. The van der Waals surface area contributed by atoms with Gasteiger partial charge in [-0.05, 0) is 24.7 Å². The normalized spacial score (nSPS) is 18.3. The fourth-order valence-electron chi connectivity index (χ4n) is 3.52. The van der Waals surface area contributed by atoms with E-state index in [4.69, 9.17) is 14.2 Å². The third-order valence-corrected chi connectivity index (χ3v) is 5.15. The van der Waals surface area contributed by atoms with E-state index in [-0.39, 0.29) is 18.4 Å².